The molecule has 0 aromatic heterocycles. The summed E-state index contributed by atoms with van der Waals surface area (Å²) in [5.41, 5.74) is 2.69. The second-order valence-corrected chi connectivity index (χ2v) is 6.01. The summed E-state index contributed by atoms with van der Waals surface area (Å²) in [6.07, 6.45) is 9.23. The van der Waals surface area contributed by atoms with Crippen LogP contribution < -0.4 is 0 Å². The number of aliphatic hydroxyl groups is 1. The van der Waals surface area contributed by atoms with Crippen molar-refractivity contribution in [2.24, 2.45) is 5.92 Å². The molecule has 0 amide bonds. The molecule has 0 saturated heterocycles. The lowest BCUT2D eigenvalue weighted by atomic mass is 9.77. The molecule has 4 rings (SSSR count). The van der Waals surface area contributed by atoms with Gasteiger partial charge < -0.3 is 10.2 Å². The summed E-state index contributed by atoms with van der Waals surface area (Å²) in [4.78, 5) is 0. The Kier molecular flexibility index (Phi) is 3.04. The highest BCUT2D eigenvalue weighted by Crippen LogP contribution is 2.44. The van der Waals surface area contributed by atoms with Gasteiger partial charge in [0.2, 0.25) is 0 Å². The van der Waals surface area contributed by atoms with Crippen molar-refractivity contribution in [1.29, 1.82) is 0 Å². The average Bonchev–Trinajstić information content (AvgIpc) is 2.56. The van der Waals surface area contributed by atoms with E-state index < -0.39 is 0 Å². The van der Waals surface area contributed by atoms with Gasteiger partial charge in [-0.1, -0.05) is 42.5 Å². The largest absolute Gasteiger partial charge is 0.508 e. The fourth-order valence-electron chi connectivity index (χ4n) is 3.63. The molecule has 1 unspecified atom stereocenters. The van der Waals surface area contributed by atoms with Crippen LogP contribution in [0.25, 0.3) is 16.3 Å². The van der Waals surface area contributed by atoms with Crippen LogP contribution in [0, 0.1) is 5.92 Å². The van der Waals surface area contributed by atoms with Gasteiger partial charge in [0.05, 0.1) is 0 Å². The van der Waals surface area contributed by atoms with Crippen LogP contribution >= 0.6 is 0 Å². The molecule has 2 aromatic rings. The summed E-state index contributed by atoms with van der Waals surface area (Å²) in [5, 5.41) is 23.0. The molecular weight excluding hydrogens is 272 g/mol. The quantitative estimate of drug-likeness (QED) is 0.766. The minimum atomic E-state index is 0.223. The SMILES string of the molecule is OC1=CCC2CCC=CC2=C1c1c(O)ccc2ccccc12. The molecule has 1 atom stereocenters. The number of hydrogen-bond acceptors (Lipinski definition) is 2. The van der Waals surface area contributed by atoms with Crippen molar-refractivity contribution in [2.75, 3.05) is 0 Å². The van der Waals surface area contributed by atoms with Crippen molar-refractivity contribution in [3.05, 3.63) is 71.5 Å². The average molecular weight is 290 g/mol. The lowest BCUT2D eigenvalue weighted by molar-refractivity contribution is 0.419. The van der Waals surface area contributed by atoms with Gasteiger partial charge in [-0.2, -0.15) is 0 Å². The Morgan fingerprint density at radius 1 is 1.00 bits per heavy atom. The second-order valence-electron chi connectivity index (χ2n) is 6.01. The highest BCUT2D eigenvalue weighted by Gasteiger charge is 2.27. The standard InChI is InChI=1S/C20H18O2/c21-17-11-9-13-5-1-3-7-15(13)19(17)20-16-8-4-2-6-14(16)10-12-18(20)22/h1,3-5,7-9,11-12,14,21-22H,2,6,10H2. The first-order valence-electron chi connectivity index (χ1n) is 7.77. The van der Waals surface area contributed by atoms with E-state index in [2.05, 4.69) is 12.2 Å². The Morgan fingerprint density at radius 2 is 1.86 bits per heavy atom. The molecule has 0 radical (unpaired) electrons. The van der Waals surface area contributed by atoms with E-state index in [4.69, 9.17) is 0 Å². The molecule has 2 aliphatic rings. The molecule has 22 heavy (non-hydrogen) atoms. The first-order chi connectivity index (χ1) is 10.8. The molecule has 0 fully saturated rings. The third-order valence-electron chi connectivity index (χ3n) is 4.72. The summed E-state index contributed by atoms with van der Waals surface area (Å²) in [5.74, 6) is 0.944. The number of aliphatic hydroxyl groups excluding tert-OH is 1. The van der Waals surface area contributed by atoms with Crippen LogP contribution in [0.5, 0.6) is 5.75 Å². The first-order valence-corrected chi connectivity index (χ1v) is 7.77. The van der Waals surface area contributed by atoms with Crippen molar-refractivity contribution >= 4 is 16.3 Å². The van der Waals surface area contributed by atoms with Crippen molar-refractivity contribution < 1.29 is 10.2 Å². The zero-order valence-electron chi connectivity index (χ0n) is 12.3. The van der Waals surface area contributed by atoms with E-state index in [0.29, 0.717) is 5.92 Å². The Hall–Kier alpha value is -2.48. The van der Waals surface area contributed by atoms with Gasteiger partial charge in [-0.05, 0) is 53.7 Å². The number of benzene rings is 2. The molecule has 2 aromatic carbocycles. The number of fused-ring (bicyclic) bond motifs is 2. The number of hydrogen-bond donors (Lipinski definition) is 2. The predicted molar refractivity (Wildman–Crippen MR) is 89.7 cm³/mol. The smallest absolute Gasteiger partial charge is 0.124 e. The van der Waals surface area contributed by atoms with Crippen LogP contribution in [0.1, 0.15) is 24.8 Å². The van der Waals surface area contributed by atoms with E-state index in [-0.39, 0.29) is 11.5 Å². The summed E-state index contributed by atoms with van der Waals surface area (Å²) < 4.78 is 0. The fraction of sp³-hybridized carbons (Fsp3) is 0.200. The van der Waals surface area contributed by atoms with Crippen LogP contribution in [0.2, 0.25) is 0 Å². The van der Waals surface area contributed by atoms with Gasteiger partial charge in [0, 0.05) is 11.1 Å². The third kappa shape index (κ3) is 1.95. The van der Waals surface area contributed by atoms with E-state index in [1.54, 1.807) is 6.07 Å². The van der Waals surface area contributed by atoms with Crippen LogP contribution in [0.15, 0.2) is 66.0 Å². The lowest BCUT2D eigenvalue weighted by Gasteiger charge is -2.28. The zero-order valence-corrected chi connectivity index (χ0v) is 12.3. The molecule has 2 aliphatic carbocycles. The third-order valence-corrected chi connectivity index (χ3v) is 4.72. The fourth-order valence-corrected chi connectivity index (χ4v) is 3.63. The van der Waals surface area contributed by atoms with Gasteiger partial charge in [-0.3, -0.25) is 0 Å². The maximum atomic E-state index is 10.5. The van der Waals surface area contributed by atoms with Crippen molar-refractivity contribution in [1.82, 2.24) is 0 Å². The van der Waals surface area contributed by atoms with Gasteiger partial charge in [0.25, 0.3) is 0 Å². The van der Waals surface area contributed by atoms with Gasteiger partial charge in [0.1, 0.15) is 11.5 Å². The Morgan fingerprint density at radius 3 is 2.77 bits per heavy atom. The van der Waals surface area contributed by atoms with Crippen molar-refractivity contribution in [3.63, 3.8) is 0 Å². The van der Waals surface area contributed by atoms with Gasteiger partial charge in [-0.15, -0.1) is 0 Å². The van der Waals surface area contributed by atoms with Crippen molar-refractivity contribution in [2.45, 2.75) is 19.3 Å². The van der Waals surface area contributed by atoms with Gasteiger partial charge in [0.15, 0.2) is 0 Å². The number of phenols is 1. The van der Waals surface area contributed by atoms with E-state index >= 15 is 0 Å². The van der Waals surface area contributed by atoms with Crippen LogP contribution in [0.3, 0.4) is 0 Å². The highest BCUT2D eigenvalue weighted by molar-refractivity contribution is 6.01. The number of rotatable bonds is 1. The first kappa shape index (κ1) is 13.2. The molecule has 110 valence electrons. The molecule has 2 heteroatoms. The maximum Gasteiger partial charge on any atom is 0.124 e. The minimum Gasteiger partial charge on any atom is -0.508 e. The summed E-state index contributed by atoms with van der Waals surface area (Å²) in [6.45, 7) is 0. The number of aromatic hydroxyl groups is 1. The summed E-state index contributed by atoms with van der Waals surface area (Å²) in [7, 11) is 0. The zero-order chi connectivity index (χ0) is 15.1. The normalized spacial score (nSPS) is 20.9. The molecule has 0 saturated carbocycles. The molecule has 0 heterocycles. The molecule has 2 nitrogen and oxygen atoms in total. The molecule has 0 aliphatic heterocycles. The minimum absolute atomic E-state index is 0.223. The molecule has 0 spiro atoms. The number of allylic oxidation sites excluding steroid dienone is 5. The van der Waals surface area contributed by atoms with E-state index in [1.165, 1.54) is 0 Å². The monoisotopic (exact) mass is 290 g/mol. The van der Waals surface area contributed by atoms with Crippen LogP contribution in [0.4, 0.5) is 0 Å². The highest BCUT2D eigenvalue weighted by atomic mass is 16.3. The molecule has 0 bridgehead atoms. The van der Waals surface area contributed by atoms with Crippen LogP contribution in [-0.4, -0.2) is 10.2 Å². The molecule has 2 N–H and O–H groups in total. The van der Waals surface area contributed by atoms with Gasteiger partial charge in [-0.25, -0.2) is 0 Å². The summed E-state index contributed by atoms with van der Waals surface area (Å²) in [6, 6.07) is 11.6. The summed E-state index contributed by atoms with van der Waals surface area (Å²) >= 11 is 0. The van der Waals surface area contributed by atoms with E-state index in [1.807, 2.05) is 36.4 Å². The second kappa shape index (κ2) is 5.06. The Labute approximate surface area is 129 Å². The van der Waals surface area contributed by atoms with Crippen LogP contribution in [-0.2, 0) is 0 Å². The number of phenolic OH excluding ortho intramolecular Hbond substituents is 1. The Bertz CT molecular complexity index is 840. The maximum absolute atomic E-state index is 10.5. The van der Waals surface area contributed by atoms with Gasteiger partial charge >= 0.3 is 0 Å². The Balaban J connectivity index is 2.07. The van der Waals surface area contributed by atoms with E-state index in [0.717, 1.165) is 46.7 Å². The predicted octanol–water partition coefficient (Wildman–Crippen LogP) is 5.11. The molecular formula is C20H18O2. The lowest BCUT2D eigenvalue weighted by Crippen LogP contribution is -2.13. The van der Waals surface area contributed by atoms with Crippen molar-refractivity contribution in [3.8, 4) is 5.75 Å². The topological polar surface area (TPSA) is 40.5 Å². The van der Waals surface area contributed by atoms with E-state index in [9.17, 15) is 10.2 Å².